The molecule has 2 saturated carbocycles. The molecule has 0 aromatic carbocycles. The van der Waals surface area contributed by atoms with Gasteiger partial charge in [-0.3, -0.25) is 14.8 Å². The molecule has 2 aromatic heterocycles. The lowest BCUT2D eigenvalue weighted by atomic mass is 9.89. The van der Waals surface area contributed by atoms with Gasteiger partial charge in [0, 0.05) is 29.6 Å². The third kappa shape index (κ3) is 4.63. The third-order valence-corrected chi connectivity index (χ3v) is 7.15. The first-order valence-electron chi connectivity index (χ1n) is 11.4. The molecule has 1 spiro atoms. The Balaban J connectivity index is 1.36. The van der Waals surface area contributed by atoms with E-state index in [4.69, 9.17) is 9.41 Å². The Morgan fingerprint density at radius 1 is 1.39 bits per heavy atom. The van der Waals surface area contributed by atoms with E-state index in [2.05, 4.69) is 11.6 Å². The van der Waals surface area contributed by atoms with Crippen LogP contribution in [0.3, 0.4) is 0 Å². The molecule has 2 aliphatic rings. The lowest BCUT2D eigenvalue weighted by Crippen LogP contribution is -2.15. The zero-order chi connectivity index (χ0) is 21.8. The number of aliphatic imine (C=N–C) groups is 1. The van der Waals surface area contributed by atoms with Crippen molar-refractivity contribution in [2.24, 2.45) is 22.2 Å². The van der Waals surface area contributed by atoms with Gasteiger partial charge in [-0.2, -0.15) is 0 Å². The van der Waals surface area contributed by atoms with Gasteiger partial charge in [-0.1, -0.05) is 37.3 Å². The Bertz CT molecular complexity index is 1030. The van der Waals surface area contributed by atoms with Crippen molar-refractivity contribution in [1.82, 2.24) is 4.98 Å². The summed E-state index contributed by atoms with van der Waals surface area (Å²) in [6.07, 6.45) is 17.7. The Hall–Kier alpha value is -2.75. The monoisotopic (exact) mass is 416 g/mol. The van der Waals surface area contributed by atoms with E-state index in [1.54, 1.807) is 18.5 Å². The van der Waals surface area contributed by atoms with Gasteiger partial charge in [-0.25, -0.2) is 0 Å². The van der Waals surface area contributed by atoms with Gasteiger partial charge in [0.2, 0.25) is 0 Å². The van der Waals surface area contributed by atoms with Gasteiger partial charge in [0.25, 0.3) is 0 Å². The minimum Gasteiger partial charge on any atom is -0.453 e. The van der Waals surface area contributed by atoms with Crippen molar-refractivity contribution in [1.29, 1.82) is 0 Å². The molecule has 31 heavy (non-hydrogen) atoms. The largest absolute Gasteiger partial charge is 0.453 e. The quantitative estimate of drug-likeness (QED) is 0.295. The number of pyridine rings is 1. The van der Waals surface area contributed by atoms with Crippen LogP contribution in [0.5, 0.6) is 0 Å². The number of rotatable bonds is 7. The molecule has 0 amide bonds. The first-order chi connectivity index (χ1) is 15.1. The van der Waals surface area contributed by atoms with Crippen molar-refractivity contribution in [3.8, 4) is 0 Å². The van der Waals surface area contributed by atoms with Crippen LogP contribution in [0.2, 0.25) is 0 Å². The van der Waals surface area contributed by atoms with Gasteiger partial charge in [0.15, 0.2) is 11.4 Å². The van der Waals surface area contributed by atoms with Crippen LogP contribution in [0.25, 0.3) is 11.0 Å². The molecular weight excluding hydrogens is 384 g/mol. The van der Waals surface area contributed by atoms with E-state index in [1.807, 2.05) is 44.2 Å². The van der Waals surface area contributed by atoms with Crippen molar-refractivity contribution < 1.29 is 9.21 Å². The normalized spacial score (nSPS) is 27.0. The van der Waals surface area contributed by atoms with Gasteiger partial charge in [0.1, 0.15) is 5.76 Å². The van der Waals surface area contributed by atoms with Crippen LogP contribution in [0, 0.1) is 17.3 Å². The number of hydrogen-bond acceptors (Lipinski definition) is 4. The highest BCUT2D eigenvalue weighted by Gasteiger charge is 2.53. The third-order valence-electron chi connectivity index (χ3n) is 7.15. The number of fused-ring (bicyclic) bond motifs is 1. The SMILES string of the molecule is C=CC(=CC=CC)C(=O)C1CCCC2(CC1)CC2CN=C(C)c1cc2ccncc2o1. The molecule has 0 radical (unpaired) electrons. The van der Waals surface area contributed by atoms with Crippen LogP contribution in [0.15, 0.2) is 70.4 Å². The molecule has 2 fully saturated rings. The fraction of sp³-hybridized carbons (Fsp3) is 0.444. The molecule has 4 nitrogen and oxygen atoms in total. The average Bonchev–Trinajstić information content (AvgIpc) is 3.37. The Labute approximate surface area is 184 Å². The van der Waals surface area contributed by atoms with Crippen LogP contribution < -0.4 is 0 Å². The number of allylic oxidation sites excluding steroid dienone is 5. The number of aromatic nitrogens is 1. The second-order valence-electron chi connectivity index (χ2n) is 9.06. The van der Waals surface area contributed by atoms with Gasteiger partial charge in [-0.05, 0) is 69.4 Å². The molecule has 162 valence electrons. The van der Waals surface area contributed by atoms with Crippen LogP contribution in [-0.2, 0) is 4.79 Å². The second-order valence-corrected chi connectivity index (χ2v) is 9.06. The molecular formula is C27H32N2O2. The maximum atomic E-state index is 12.9. The number of furan rings is 1. The fourth-order valence-corrected chi connectivity index (χ4v) is 5.07. The van der Waals surface area contributed by atoms with Crippen LogP contribution in [0.4, 0.5) is 0 Å². The van der Waals surface area contributed by atoms with Gasteiger partial charge >= 0.3 is 0 Å². The number of nitrogens with zero attached hydrogens (tertiary/aromatic N) is 2. The molecule has 0 aliphatic heterocycles. The highest BCUT2D eigenvalue weighted by atomic mass is 16.3. The minimum atomic E-state index is 0.129. The number of carbonyl (C=O) groups is 1. The number of carbonyl (C=O) groups excluding carboxylic acids is 1. The molecule has 2 heterocycles. The molecule has 4 rings (SSSR count). The fourth-order valence-electron chi connectivity index (χ4n) is 5.07. The molecule has 3 atom stereocenters. The van der Waals surface area contributed by atoms with E-state index < -0.39 is 0 Å². The molecule has 3 unspecified atom stereocenters. The summed E-state index contributed by atoms with van der Waals surface area (Å²) < 4.78 is 5.89. The van der Waals surface area contributed by atoms with Crippen molar-refractivity contribution in [2.45, 2.75) is 52.4 Å². The van der Waals surface area contributed by atoms with Crippen molar-refractivity contribution >= 4 is 22.5 Å². The Morgan fingerprint density at radius 3 is 3.03 bits per heavy atom. The van der Waals surface area contributed by atoms with Gasteiger partial charge in [-0.15, -0.1) is 0 Å². The topological polar surface area (TPSA) is 55.5 Å². The lowest BCUT2D eigenvalue weighted by Gasteiger charge is -2.15. The van der Waals surface area contributed by atoms with E-state index in [1.165, 1.54) is 12.8 Å². The number of Topliss-reactive ketones (excluding diaryl/α,β-unsaturated/α-hetero) is 1. The summed E-state index contributed by atoms with van der Waals surface area (Å²) in [5.74, 6) is 1.84. The van der Waals surface area contributed by atoms with Crippen LogP contribution in [0.1, 0.15) is 58.1 Å². The van der Waals surface area contributed by atoms with E-state index in [9.17, 15) is 4.79 Å². The zero-order valence-corrected chi connectivity index (χ0v) is 18.6. The second kappa shape index (κ2) is 9.17. The maximum Gasteiger partial charge on any atom is 0.165 e. The summed E-state index contributed by atoms with van der Waals surface area (Å²) in [5, 5.41) is 1.06. The molecule has 2 aliphatic carbocycles. The zero-order valence-electron chi connectivity index (χ0n) is 18.6. The van der Waals surface area contributed by atoms with Crippen LogP contribution in [-0.4, -0.2) is 23.0 Å². The molecule has 0 N–H and O–H groups in total. The minimum absolute atomic E-state index is 0.129. The molecule has 0 bridgehead atoms. The van der Waals surface area contributed by atoms with Gasteiger partial charge < -0.3 is 4.42 Å². The first-order valence-corrected chi connectivity index (χ1v) is 11.4. The summed E-state index contributed by atoms with van der Waals surface area (Å²) >= 11 is 0. The van der Waals surface area contributed by atoms with Crippen LogP contribution >= 0.6 is 0 Å². The smallest absolute Gasteiger partial charge is 0.165 e. The highest BCUT2D eigenvalue weighted by Crippen LogP contribution is 2.61. The van der Waals surface area contributed by atoms with E-state index in [0.717, 1.165) is 60.2 Å². The summed E-state index contributed by atoms with van der Waals surface area (Å²) in [5.41, 5.74) is 2.88. The number of hydrogen-bond donors (Lipinski definition) is 0. The van der Waals surface area contributed by atoms with Gasteiger partial charge in [0.05, 0.1) is 11.9 Å². The summed E-state index contributed by atoms with van der Waals surface area (Å²) in [6.45, 7) is 8.67. The maximum absolute atomic E-state index is 12.9. The van der Waals surface area contributed by atoms with Crippen molar-refractivity contribution in [2.75, 3.05) is 6.54 Å². The summed E-state index contributed by atoms with van der Waals surface area (Å²) in [7, 11) is 0. The summed E-state index contributed by atoms with van der Waals surface area (Å²) in [6, 6.07) is 4.00. The van der Waals surface area contributed by atoms with E-state index >= 15 is 0 Å². The predicted molar refractivity (Wildman–Crippen MR) is 126 cm³/mol. The standard InChI is InChI=1S/C27H32N2O2/c1-4-6-8-20(5-2)26(30)21-9-7-12-27(13-10-21)16-23(27)17-29-19(3)24-15-22-11-14-28-18-25(22)31-24/h4-6,8,11,14-15,18,21,23H,2,7,9-10,12-13,16-17H2,1,3H3. The van der Waals surface area contributed by atoms with E-state index in [-0.39, 0.29) is 11.7 Å². The average molecular weight is 417 g/mol. The number of ketones is 1. The molecule has 4 heteroatoms. The summed E-state index contributed by atoms with van der Waals surface area (Å²) in [4.78, 5) is 21.9. The predicted octanol–water partition coefficient (Wildman–Crippen LogP) is 6.48. The molecule has 0 saturated heterocycles. The van der Waals surface area contributed by atoms with Crippen molar-refractivity contribution in [3.05, 3.63) is 66.7 Å². The van der Waals surface area contributed by atoms with E-state index in [0.29, 0.717) is 11.3 Å². The van der Waals surface area contributed by atoms with Crippen molar-refractivity contribution in [3.63, 3.8) is 0 Å². The highest BCUT2D eigenvalue weighted by molar-refractivity contribution is 6.00. The first kappa shape index (κ1) is 21.5. The Morgan fingerprint density at radius 2 is 2.26 bits per heavy atom. The molecule has 2 aromatic rings. The lowest BCUT2D eigenvalue weighted by molar-refractivity contribution is -0.119. The Kier molecular flexibility index (Phi) is 6.35.